The highest BCUT2D eigenvalue weighted by molar-refractivity contribution is 5.94. The van der Waals surface area contributed by atoms with Gasteiger partial charge in [-0.05, 0) is 66.8 Å². The Balaban J connectivity index is 1.59. The van der Waals surface area contributed by atoms with Gasteiger partial charge in [0, 0.05) is 18.0 Å². The molecule has 0 aliphatic rings. The number of benzene rings is 2. The average molecular weight is 376 g/mol. The number of primary amides is 1. The Morgan fingerprint density at radius 1 is 1.11 bits per heavy atom. The molecule has 3 N–H and O–H groups in total. The number of aliphatic hydroxyl groups is 1. The Bertz CT molecular complexity index is 911. The van der Waals surface area contributed by atoms with Gasteiger partial charge in [-0.25, -0.2) is 0 Å². The number of nitrogens with zero attached hydrogens (tertiary/aromatic N) is 1. The zero-order chi connectivity index (χ0) is 19.9. The van der Waals surface area contributed by atoms with Crippen molar-refractivity contribution in [1.82, 2.24) is 4.98 Å². The predicted octanol–water partition coefficient (Wildman–Crippen LogP) is 3.61. The molecule has 0 bridgehead atoms. The lowest BCUT2D eigenvalue weighted by molar-refractivity contribution is 0.0420. The van der Waals surface area contributed by atoms with Crippen LogP contribution in [0.2, 0.25) is 0 Å². The van der Waals surface area contributed by atoms with E-state index < -0.39 is 12.0 Å². The number of nitrogens with two attached hydrogens (primary N) is 1. The third-order valence-corrected chi connectivity index (χ3v) is 4.65. The van der Waals surface area contributed by atoms with Crippen LogP contribution < -0.4 is 10.5 Å². The van der Waals surface area contributed by atoms with Gasteiger partial charge in [0.2, 0.25) is 5.91 Å². The zero-order valence-corrected chi connectivity index (χ0v) is 15.8. The number of hydrogen-bond donors (Lipinski definition) is 2. The number of carbonyl (C=O) groups excluding carboxylic acids is 1. The summed E-state index contributed by atoms with van der Waals surface area (Å²) < 4.78 is 5.88. The summed E-state index contributed by atoms with van der Waals surface area (Å²) in [6, 6.07) is 18.6. The third-order valence-electron chi connectivity index (χ3n) is 4.65. The molecule has 1 heterocycles. The van der Waals surface area contributed by atoms with Gasteiger partial charge in [0.25, 0.3) is 0 Å². The van der Waals surface area contributed by atoms with Gasteiger partial charge in [-0.3, -0.25) is 9.78 Å². The molecule has 1 amide bonds. The molecule has 2 unspecified atom stereocenters. The van der Waals surface area contributed by atoms with Gasteiger partial charge in [-0.1, -0.05) is 30.3 Å². The highest BCUT2D eigenvalue weighted by Crippen LogP contribution is 2.24. The zero-order valence-electron chi connectivity index (χ0n) is 15.8. The molecule has 5 nitrogen and oxygen atoms in total. The van der Waals surface area contributed by atoms with Crippen LogP contribution in [0.15, 0.2) is 73.1 Å². The van der Waals surface area contributed by atoms with E-state index in [1.807, 2.05) is 55.6 Å². The summed E-state index contributed by atoms with van der Waals surface area (Å²) in [6.45, 7) is 1.86. The van der Waals surface area contributed by atoms with Crippen molar-refractivity contribution in [1.29, 1.82) is 0 Å². The molecule has 0 radical (unpaired) electrons. The lowest BCUT2D eigenvalue weighted by atomic mass is 10.0. The van der Waals surface area contributed by atoms with Gasteiger partial charge in [0.05, 0.1) is 6.10 Å². The van der Waals surface area contributed by atoms with E-state index in [1.165, 1.54) is 0 Å². The monoisotopic (exact) mass is 376 g/mol. The first-order chi connectivity index (χ1) is 13.5. The summed E-state index contributed by atoms with van der Waals surface area (Å²) in [4.78, 5) is 15.4. The Labute approximate surface area is 164 Å². The molecule has 0 spiro atoms. The maximum absolute atomic E-state index is 11.3. The molecule has 2 aromatic carbocycles. The van der Waals surface area contributed by atoms with Crippen molar-refractivity contribution in [2.24, 2.45) is 5.73 Å². The molecule has 1 aromatic heterocycles. The fourth-order valence-electron chi connectivity index (χ4n) is 2.97. The van der Waals surface area contributed by atoms with E-state index in [-0.39, 0.29) is 6.10 Å². The minimum atomic E-state index is -0.577. The molecule has 3 rings (SSSR count). The van der Waals surface area contributed by atoms with Crippen molar-refractivity contribution in [3.63, 3.8) is 0 Å². The SMILES string of the molecule is CC(Oc1ccc(-c2cccc(C(N)=O)c2)cc1)C(O)CCc1cccnc1. The lowest BCUT2D eigenvalue weighted by Crippen LogP contribution is -2.29. The largest absolute Gasteiger partial charge is 0.488 e. The number of aliphatic hydroxyl groups excluding tert-OH is 1. The third kappa shape index (κ3) is 5.18. The van der Waals surface area contributed by atoms with E-state index in [1.54, 1.807) is 24.4 Å². The normalized spacial score (nSPS) is 12.9. The van der Waals surface area contributed by atoms with Crippen LogP contribution in [-0.2, 0) is 6.42 Å². The number of ether oxygens (including phenoxy) is 1. The highest BCUT2D eigenvalue weighted by Gasteiger charge is 2.16. The van der Waals surface area contributed by atoms with Gasteiger partial charge in [0.15, 0.2) is 0 Å². The first-order valence-electron chi connectivity index (χ1n) is 9.27. The number of aromatic nitrogens is 1. The van der Waals surface area contributed by atoms with Crippen LogP contribution in [0.1, 0.15) is 29.3 Å². The Morgan fingerprint density at radius 3 is 2.57 bits per heavy atom. The molecule has 0 aliphatic heterocycles. The van der Waals surface area contributed by atoms with Gasteiger partial charge >= 0.3 is 0 Å². The molecule has 3 aromatic rings. The minimum absolute atomic E-state index is 0.333. The minimum Gasteiger partial charge on any atom is -0.488 e. The smallest absolute Gasteiger partial charge is 0.248 e. The second-order valence-electron chi connectivity index (χ2n) is 6.76. The summed E-state index contributed by atoms with van der Waals surface area (Å²) in [6.07, 6.45) is 3.99. The van der Waals surface area contributed by atoms with E-state index in [0.717, 1.165) is 23.1 Å². The first kappa shape index (κ1) is 19.6. The van der Waals surface area contributed by atoms with Crippen LogP contribution in [0.3, 0.4) is 0 Å². The molecule has 2 atom stereocenters. The van der Waals surface area contributed by atoms with Crippen LogP contribution in [0.4, 0.5) is 0 Å². The maximum atomic E-state index is 11.3. The number of amides is 1. The van der Waals surface area contributed by atoms with Crippen molar-refractivity contribution < 1.29 is 14.6 Å². The van der Waals surface area contributed by atoms with Gasteiger partial charge in [-0.15, -0.1) is 0 Å². The predicted molar refractivity (Wildman–Crippen MR) is 109 cm³/mol. The van der Waals surface area contributed by atoms with E-state index in [0.29, 0.717) is 17.7 Å². The fraction of sp³-hybridized carbons (Fsp3) is 0.217. The summed E-state index contributed by atoms with van der Waals surface area (Å²) in [7, 11) is 0. The van der Waals surface area contributed by atoms with Crippen LogP contribution in [0.5, 0.6) is 5.75 Å². The Kier molecular flexibility index (Phi) is 6.40. The van der Waals surface area contributed by atoms with Crippen LogP contribution >= 0.6 is 0 Å². The van der Waals surface area contributed by atoms with Crippen molar-refractivity contribution in [2.75, 3.05) is 0 Å². The Hall–Kier alpha value is -3.18. The fourth-order valence-corrected chi connectivity index (χ4v) is 2.97. The molecule has 28 heavy (non-hydrogen) atoms. The standard InChI is InChI=1S/C23H24N2O3/c1-16(22(26)12-7-17-4-3-13-25-15-17)28-21-10-8-18(9-11-21)19-5-2-6-20(14-19)23(24)27/h2-6,8-11,13-16,22,26H,7,12H2,1H3,(H2,24,27). The maximum Gasteiger partial charge on any atom is 0.248 e. The second-order valence-corrected chi connectivity index (χ2v) is 6.76. The lowest BCUT2D eigenvalue weighted by Gasteiger charge is -2.20. The van der Waals surface area contributed by atoms with E-state index in [2.05, 4.69) is 4.98 Å². The summed E-state index contributed by atoms with van der Waals surface area (Å²) in [5.74, 6) is 0.235. The summed E-state index contributed by atoms with van der Waals surface area (Å²) in [5.41, 5.74) is 8.78. The van der Waals surface area contributed by atoms with Crippen LogP contribution in [0, 0.1) is 0 Å². The molecule has 0 fully saturated rings. The number of pyridine rings is 1. The second kappa shape index (κ2) is 9.15. The summed E-state index contributed by atoms with van der Waals surface area (Å²) >= 11 is 0. The van der Waals surface area contributed by atoms with Gasteiger partial charge in [-0.2, -0.15) is 0 Å². The number of rotatable bonds is 8. The number of aryl methyl sites for hydroxylation is 1. The molecule has 0 aliphatic carbocycles. The average Bonchev–Trinajstić information content (AvgIpc) is 2.73. The number of carbonyl (C=O) groups is 1. The van der Waals surface area contributed by atoms with Crippen molar-refractivity contribution in [3.8, 4) is 16.9 Å². The van der Waals surface area contributed by atoms with Gasteiger partial charge < -0.3 is 15.6 Å². The van der Waals surface area contributed by atoms with E-state index in [4.69, 9.17) is 10.5 Å². The van der Waals surface area contributed by atoms with E-state index in [9.17, 15) is 9.90 Å². The molecule has 144 valence electrons. The van der Waals surface area contributed by atoms with Crippen molar-refractivity contribution in [3.05, 3.63) is 84.2 Å². The molecular formula is C23H24N2O3. The van der Waals surface area contributed by atoms with Crippen molar-refractivity contribution in [2.45, 2.75) is 32.0 Å². The quantitative estimate of drug-likeness (QED) is 0.629. The molecular weight excluding hydrogens is 352 g/mol. The molecule has 0 saturated carbocycles. The van der Waals surface area contributed by atoms with Crippen LogP contribution in [0.25, 0.3) is 11.1 Å². The van der Waals surface area contributed by atoms with E-state index >= 15 is 0 Å². The van der Waals surface area contributed by atoms with Gasteiger partial charge in [0.1, 0.15) is 11.9 Å². The molecule has 5 heteroatoms. The highest BCUT2D eigenvalue weighted by atomic mass is 16.5. The summed E-state index contributed by atoms with van der Waals surface area (Å²) in [5, 5.41) is 10.4. The van der Waals surface area contributed by atoms with Crippen molar-refractivity contribution >= 4 is 5.91 Å². The topological polar surface area (TPSA) is 85.4 Å². The first-order valence-corrected chi connectivity index (χ1v) is 9.27. The number of hydrogen-bond acceptors (Lipinski definition) is 4. The Morgan fingerprint density at radius 2 is 1.89 bits per heavy atom. The molecule has 0 saturated heterocycles. The van der Waals surface area contributed by atoms with Crippen LogP contribution in [-0.4, -0.2) is 28.2 Å².